The van der Waals surface area contributed by atoms with Crippen molar-refractivity contribution in [3.8, 4) is 11.5 Å². The predicted octanol–water partition coefficient (Wildman–Crippen LogP) is 6.75. The molecular weight excluding hydrogens is 318 g/mol. The van der Waals surface area contributed by atoms with Crippen LogP contribution in [0.25, 0.3) is 0 Å². The number of benzene rings is 3. The molecule has 0 bridgehead atoms. The second-order valence-corrected chi connectivity index (χ2v) is 7.02. The molecule has 132 valence electrons. The summed E-state index contributed by atoms with van der Waals surface area (Å²) in [6.45, 7) is 0.829. The van der Waals surface area contributed by atoms with Gasteiger partial charge in [0.05, 0.1) is 0 Å². The van der Waals surface area contributed by atoms with E-state index in [1.807, 2.05) is 48.5 Å². The van der Waals surface area contributed by atoms with Gasteiger partial charge in [0, 0.05) is 18.3 Å². The lowest BCUT2D eigenvalue weighted by atomic mass is 9.96. The minimum absolute atomic E-state index is 0.762. The lowest BCUT2D eigenvalue weighted by molar-refractivity contribution is 0.483. The van der Waals surface area contributed by atoms with Gasteiger partial charge in [0.25, 0.3) is 0 Å². The Hall–Kier alpha value is -2.74. The molecule has 0 heterocycles. The highest BCUT2D eigenvalue weighted by Crippen LogP contribution is 2.34. The molecule has 0 aromatic heterocycles. The standard InChI is InChI=1S/C24H25NO/c1-2-13-23(14-3-1)26-24-15-7-12-22(17-24)25-18-19-8-6-11-21(16-19)20-9-4-5-10-20/h1-3,6-8,11-17,20,25H,4-5,9-10,18H2. The van der Waals surface area contributed by atoms with Crippen molar-refractivity contribution in [1.29, 1.82) is 0 Å². The normalized spacial score (nSPS) is 14.3. The van der Waals surface area contributed by atoms with Crippen LogP contribution >= 0.6 is 0 Å². The average Bonchev–Trinajstić information content (AvgIpc) is 3.23. The molecular formula is C24H25NO. The lowest BCUT2D eigenvalue weighted by Crippen LogP contribution is -2.01. The van der Waals surface area contributed by atoms with E-state index >= 15 is 0 Å². The maximum absolute atomic E-state index is 5.92. The molecule has 1 N–H and O–H groups in total. The quantitative estimate of drug-likeness (QED) is 0.534. The summed E-state index contributed by atoms with van der Waals surface area (Å²) in [6.07, 6.45) is 5.44. The Balaban J connectivity index is 1.40. The molecule has 0 amide bonds. The van der Waals surface area contributed by atoms with E-state index in [2.05, 4.69) is 35.6 Å². The van der Waals surface area contributed by atoms with E-state index in [4.69, 9.17) is 4.74 Å². The van der Waals surface area contributed by atoms with Gasteiger partial charge in [-0.2, -0.15) is 0 Å². The number of ether oxygens (including phenoxy) is 1. The summed E-state index contributed by atoms with van der Waals surface area (Å²) in [5, 5.41) is 3.52. The maximum atomic E-state index is 5.92. The molecule has 1 aliphatic rings. The summed E-state index contributed by atoms with van der Waals surface area (Å²) >= 11 is 0. The van der Waals surface area contributed by atoms with Gasteiger partial charge in [0.1, 0.15) is 11.5 Å². The molecule has 1 saturated carbocycles. The topological polar surface area (TPSA) is 21.3 Å². The van der Waals surface area contributed by atoms with Crippen LogP contribution in [-0.4, -0.2) is 0 Å². The average molecular weight is 343 g/mol. The fraction of sp³-hybridized carbons (Fsp3) is 0.250. The molecule has 0 atom stereocenters. The molecule has 2 heteroatoms. The molecule has 26 heavy (non-hydrogen) atoms. The van der Waals surface area contributed by atoms with Gasteiger partial charge in [0.15, 0.2) is 0 Å². The molecule has 0 spiro atoms. The van der Waals surface area contributed by atoms with E-state index in [1.54, 1.807) is 0 Å². The van der Waals surface area contributed by atoms with Crippen molar-refractivity contribution in [2.45, 2.75) is 38.1 Å². The molecule has 1 aliphatic carbocycles. The Labute approximate surface area is 155 Å². The van der Waals surface area contributed by atoms with Gasteiger partial charge in [-0.3, -0.25) is 0 Å². The Morgan fingerprint density at radius 3 is 2.38 bits per heavy atom. The third kappa shape index (κ3) is 4.26. The van der Waals surface area contributed by atoms with Crippen LogP contribution in [0.1, 0.15) is 42.7 Å². The third-order valence-electron chi connectivity index (χ3n) is 5.09. The zero-order valence-corrected chi connectivity index (χ0v) is 15.0. The minimum Gasteiger partial charge on any atom is -0.457 e. The van der Waals surface area contributed by atoms with Crippen molar-refractivity contribution in [2.24, 2.45) is 0 Å². The first-order valence-electron chi connectivity index (χ1n) is 9.52. The molecule has 0 unspecified atom stereocenters. The van der Waals surface area contributed by atoms with Gasteiger partial charge in [-0.1, -0.05) is 61.4 Å². The number of nitrogens with one attached hydrogen (secondary N) is 1. The van der Waals surface area contributed by atoms with E-state index in [-0.39, 0.29) is 0 Å². The predicted molar refractivity (Wildman–Crippen MR) is 108 cm³/mol. The van der Waals surface area contributed by atoms with Crippen LogP contribution in [0, 0.1) is 0 Å². The highest BCUT2D eigenvalue weighted by molar-refractivity contribution is 5.49. The first-order valence-corrected chi connectivity index (χ1v) is 9.52. The van der Waals surface area contributed by atoms with Crippen LogP contribution in [0.2, 0.25) is 0 Å². The SMILES string of the molecule is c1ccc(Oc2cccc(NCc3cccc(C4CCCC4)c3)c2)cc1. The molecule has 3 aromatic carbocycles. The van der Waals surface area contributed by atoms with Gasteiger partial charge in [-0.15, -0.1) is 0 Å². The van der Waals surface area contributed by atoms with Crippen molar-refractivity contribution < 1.29 is 4.74 Å². The first kappa shape index (κ1) is 16.7. The summed E-state index contributed by atoms with van der Waals surface area (Å²) in [5.41, 5.74) is 3.91. The smallest absolute Gasteiger partial charge is 0.129 e. The van der Waals surface area contributed by atoms with Crippen molar-refractivity contribution in [2.75, 3.05) is 5.32 Å². The Morgan fingerprint density at radius 2 is 1.54 bits per heavy atom. The van der Waals surface area contributed by atoms with Crippen LogP contribution in [0.3, 0.4) is 0 Å². The number of rotatable bonds is 6. The van der Waals surface area contributed by atoms with E-state index in [0.717, 1.165) is 29.6 Å². The first-order chi connectivity index (χ1) is 12.9. The highest BCUT2D eigenvalue weighted by Gasteiger charge is 2.16. The van der Waals surface area contributed by atoms with E-state index < -0.39 is 0 Å². The van der Waals surface area contributed by atoms with Gasteiger partial charge in [-0.25, -0.2) is 0 Å². The molecule has 4 rings (SSSR count). The van der Waals surface area contributed by atoms with Crippen molar-refractivity contribution in [3.63, 3.8) is 0 Å². The van der Waals surface area contributed by atoms with Crippen molar-refractivity contribution in [3.05, 3.63) is 90.0 Å². The van der Waals surface area contributed by atoms with Gasteiger partial charge < -0.3 is 10.1 Å². The Kier molecular flexibility index (Phi) is 5.20. The minimum atomic E-state index is 0.762. The molecule has 1 fully saturated rings. The number of anilines is 1. The molecule has 0 saturated heterocycles. The van der Waals surface area contributed by atoms with E-state index in [0.29, 0.717) is 0 Å². The molecule has 0 radical (unpaired) electrons. The summed E-state index contributed by atoms with van der Waals surface area (Å²) in [4.78, 5) is 0. The van der Waals surface area contributed by atoms with Gasteiger partial charge >= 0.3 is 0 Å². The highest BCUT2D eigenvalue weighted by atomic mass is 16.5. The third-order valence-corrected chi connectivity index (χ3v) is 5.09. The summed E-state index contributed by atoms with van der Waals surface area (Å²) in [5.74, 6) is 2.47. The van der Waals surface area contributed by atoms with Crippen molar-refractivity contribution >= 4 is 5.69 Å². The molecule has 2 nitrogen and oxygen atoms in total. The van der Waals surface area contributed by atoms with Crippen LogP contribution in [0.15, 0.2) is 78.9 Å². The number of para-hydroxylation sites is 1. The zero-order valence-electron chi connectivity index (χ0n) is 15.0. The summed E-state index contributed by atoms with van der Waals surface area (Å²) in [6, 6.07) is 27.1. The van der Waals surface area contributed by atoms with Gasteiger partial charge in [0.2, 0.25) is 0 Å². The summed E-state index contributed by atoms with van der Waals surface area (Å²) < 4.78 is 5.92. The Morgan fingerprint density at radius 1 is 0.769 bits per heavy atom. The largest absolute Gasteiger partial charge is 0.457 e. The number of hydrogen-bond acceptors (Lipinski definition) is 2. The number of hydrogen-bond donors (Lipinski definition) is 1. The van der Waals surface area contributed by atoms with Crippen LogP contribution in [-0.2, 0) is 6.54 Å². The van der Waals surface area contributed by atoms with Gasteiger partial charge in [-0.05, 0) is 54.2 Å². The fourth-order valence-electron chi connectivity index (χ4n) is 3.71. The zero-order chi connectivity index (χ0) is 17.6. The van der Waals surface area contributed by atoms with E-state index in [9.17, 15) is 0 Å². The van der Waals surface area contributed by atoms with E-state index in [1.165, 1.54) is 36.8 Å². The van der Waals surface area contributed by atoms with Crippen LogP contribution < -0.4 is 10.1 Å². The monoisotopic (exact) mass is 343 g/mol. The lowest BCUT2D eigenvalue weighted by Gasteiger charge is -2.13. The second kappa shape index (κ2) is 8.09. The van der Waals surface area contributed by atoms with Crippen molar-refractivity contribution in [1.82, 2.24) is 0 Å². The molecule has 0 aliphatic heterocycles. The fourth-order valence-corrected chi connectivity index (χ4v) is 3.71. The Bertz CT molecular complexity index is 838. The molecule has 3 aromatic rings. The van der Waals surface area contributed by atoms with Crippen LogP contribution in [0.4, 0.5) is 5.69 Å². The summed E-state index contributed by atoms with van der Waals surface area (Å²) in [7, 11) is 0. The maximum Gasteiger partial charge on any atom is 0.129 e. The second-order valence-electron chi connectivity index (χ2n) is 7.02. The van der Waals surface area contributed by atoms with Crippen LogP contribution in [0.5, 0.6) is 11.5 Å².